The first-order valence-electron chi connectivity index (χ1n) is 5.49. The fourth-order valence-corrected chi connectivity index (χ4v) is 1.78. The molecule has 0 aliphatic carbocycles. The number of halogens is 1. The zero-order valence-electron chi connectivity index (χ0n) is 10.3. The van der Waals surface area contributed by atoms with Crippen LogP contribution in [0.3, 0.4) is 0 Å². The van der Waals surface area contributed by atoms with Crippen molar-refractivity contribution in [2.45, 2.75) is 45.4 Å². The highest BCUT2D eigenvalue weighted by molar-refractivity contribution is 6.31. The Morgan fingerprint density at radius 3 is 2.25 bits per heavy atom. The molecule has 1 aromatic rings. The van der Waals surface area contributed by atoms with E-state index in [0.717, 1.165) is 5.56 Å². The van der Waals surface area contributed by atoms with Crippen LogP contribution in [0.15, 0.2) is 24.3 Å². The first-order valence-corrected chi connectivity index (χ1v) is 5.87. The zero-order chi connectivity index (χ0) is 12.3. The molecule has 0 saturated carbocycles. The maximum absolute atomic E-state index is 6.16. The monoisotopic (exact) mass is 241 g/mol. The molecule has 2 atom stereocenters. The summed E-state index contributed by atoms with van der Waals surface area (Å²) in [6, 6.07) is 7.57. The van der Waals surface area contributed by atoms with Gasteiger partial charge in [0.25, 0.3) is 0 Å². The second kappa shape index (κ2) is 5.17. The standard InChI is InChI=1S/C13H20ClNO/c1-9(15)12(16-13(2,3)4)10-7-5-6-8-11(10)14/h5-9,12H,15H2,1-4H3. The van der Waals surface area contributed by atoms with Gasteiger partial charge in [0.2, 0.25) is 0 Å². The van der Waals surface area contributed by atoms with Gasteiger partial charge in [-0.2, -0.15) is 0 Å². The molecule has 0 spiro atoms. The number of rotatable bonds is 3. The molecular weight excluding hydrogens is 222 g/mol. The van der Waals surface area contributed by atoms with Crippen LogP contribution in [0.1, 0.15) is 39.4 Å². The van der Waals surface area contributed by atoms with Gasteiger partial charge in [0.05, 0.1) is 11.7 Å². The number of hydrogen-bond donors (Lipinski definition) is 1. The highest BCUT2D eigenvalue weighted by atomic mass is 35.5. The van der Waals surface area contributed by atoms with Gasteiger partial charge in [-0.05, 0) is 33.8 Å². The fraction of sp³-hybridized carbons (Fsp3) is 0.538. The van der Waals surface area contributed by atoms with Crippen LogP contribution in [-0.2, 0) is 4.74 Å². The molecule has 16 heavy (non-hydrogen) atoms. The van der Waals surface area contributed by atoms with Gasteiger partial charge in [-0.3, -0.25) is 0 Å². The van der Waals surface area contributed by atoms with Gasteiger partial charge in [0.1, 0.15) is 0 Å². The normalized spacial score (nSPS) is 15.9. The lowest BCUT2D eigenvalue weighted by Gasteiger charge is -2.30. The quantitative estimate of drug-likeness (QED) is 0.879. The van der Waals surface area contributed by atoms with Gasteiger partial charge in [0.15, 0.2) is 0 Å². The van der Waals surface area contributed by atoms with E-state index in [-0.39, 0.29) is 17.7 Å². The third-order valence-electron chi connectivity index (χ3n) is 2.17. The van der Waals surface area contributed by atoms with Gasteiger partial charge in [0, 0.05) is 16.6 Å². The Morgan fingerprint density at radius 1 is 1.25 bits per heavy atom. The minimum atomic E-state index is -0.239. The molecule has 2 N–H and O–H groups in total. The van der Waals surface area contributed by atoms with Gasteiger partial charge in [-0.1, -0.05) is 29.8 Å². The first-order chi connectivity index (χ1) is 7.31. The molecule has 90 valence electrons. The molecular formula is C13H20ClNO. The van der Waals surface area contributed by atoms with Crippen molar-refractivity contribution in [2.24, 2.45) is 5.73 Å². The zero-order valence-corrected chi connectivity index (χ0v) is 11.1. The summed E-state index contributed by atoms with van der Waals surface area (Å²) in [4.78, 5) is 0. The van der Waals surface area contributed by atoms with Crippen LogP contribution in [0.4, 0.5) is 0 Å². The minimum absolute atomic E-state index is 0.0980. The molecule has 0 aliphatic heterocycles. The number of ether oxygens (including phenoxy) is 1. The van der Waals surface area contributed by atoms with Crippen molar-refractivity contribution in [3.05, 3.63) is 34.9 Å². The second-order valence-corrected chi connectivity index (χ2v) is 5.44. The van der Waals surface area contributed by atoms with Crippen molar-refractivity contribution < 1.29 is 4.74 Å². The largest absolute Gasteiger partial charge is 0.366 e. The molecule has 2 unspecified atom stereocenters. The number of nitrogens with two attached hydrogens (primary N) is 1. The van der Waals surface area contributed by atoms with Crippen LogP contribution in [0, 0.1) is 0 Å². The molecule has 0 amide bonds. The van der Waals surface area contributed by atoms with E-state index in [1.807, 2.05) is 52.0 Å². The SMILES string of the molecule is CC(N)C(OC(C)(C)C)c1ccccc1Cl. The summed E-state index contributed by atoms with van der Waals surface area (Å²) in [7, 11) is 0. The Balaban J connectivity index is 2.99. The van der Waals surface area contributed by atoms with Crippen LogP contribution in [-0.4, -0.2) is 11.6 Å². The second-order valence-electron chi connectivity index (χ2n) is 5.03. The summed E-state index contributed by atoms with van der Waals surface area (Å²) in [6.45, 7) is 7.97. The molecule has 3 heteroatoms. The molecule has 0 radical (unpaired) electrons. The van der Waals surface area contributed by atoms with Crippen molar-refractivity contribution in [2.75, 3.05) is 0 Å². The lowest BCUT2D eigenvalue weighted by Crippen LogP contribution is -2.33. The summed E-state index contributed by atoms with van der Waals surface area (Å²) >= 11 is 6.16. The predicted molar refractivity (Wildman–Crippen MR) is 68.7 cm³/mol. The van der Waals surface area contributed by atoms with Gasteiger partial charge in [-0.15, -0.1) is 0 Å². The summed E-state index contributed by atoms with van der Waals surface area (Å²) in [6.07, 6.45) is -0.173. The maximum Gasteiger partial charge on any atom is 0.0994 e. The highest BCUT2D eigenvalue weighted by Crippen LogP contribution is 2.30. The number of hydrogen-bond acceptors (Lipinski definition) is 2. The summed E-state index contributed by atoms with van der Waals surface area (Å²) in [5.74, 6) is 0. The molecule has 0 aliphatic rings. The van der Waals surface area contributed by atoms with E-state index in [1.54, 1.807) is 0 Å². The average molecular weight is 242 g/mol. The van der Waals surface area contributed by atoms with Gasteiger partial charge >= 0.3 is 0 Å². The molecule has 0 saturated heterocycles. The Hall–Kier alpha value is -0.570. The van der Waals surface area contributed by atoms with E-state index in [4.69, 9.17) is 22.1 Å². The minimum Gasteiger partial charge on any atom is -0.366 e. The topological polar surface area (TPSA) is 35.2 Å². The van der Waals surface area contributed by atoms with Gasteiger partial charge in [-0.25, -0.2) is 0 Å². The summed E-state index contributed by atoms with van der Waals surface area (Å²) in [5.41, 5.74) is 6.68. The van der Waals surface area contributed by atoms with E-state index in [2.05, 4.69) is 0 Å². The van der Waals surface area contributed by atoms with E-state index in [9.17, 15) is 0 Å². The molecule has 0 fully saturated rings. The molecule has 0 heterocycles. The van der Waals surface area contributed by atoms with Crippen LogP contribution in [0.25, 0.3) is 0 Å². The number of benzene rings is 1. The lowest BCUT2D eigenvalue weighted by molar-refractivity contribution is -0.0701. The molecule has 0 aromatic heterocycles. The highest BCUT2D eigenvalue weighted by Gasteiger charge is 2.25. The van der Waals surface area contributed by atoms with Crippen molar-refractivity contribution in [1.29, 1.82) is 0 Å². The van der Waals surface area contributed by atoms with Crippen LogP contribution < -0.4 is 5.73 Å². The summed E-state index contributed by atoms with van der Waals surface area (Å²) < 4.78 is 5.96. The lowest BCUT2D eigenvalue weighted by atomic mass is 10.0. The Morgan fingerprint density at radius 2 is 1.81 bits per heavy atom. The summed E-state index contributed by atoms with van der Waals surface area (Å²) in [5, 5.41) is 0.703. The van der Waals surface area contributed by atoms with Crippen LogP contribution in [0.2, 0.25) is 5.02 Å². The fourth-order valence-electron chi connectivity index (χ4n) is 1.54. The van der Waals surface area contributed by atoms with Gasteiger partial charge < -0.3 is 10.5 Å². The Bertz CT molecular complexity index is 344. The molecule has 1 rings (SSSR count). The Kier molecular flexibility index (Phi) is 4.36. The Labute approximate surface area is 103 Å². The van der Waals surface area contributed by atoms with E-state index < -0.39 is 0 Å². The smallest absolute Gasteiger partial charge is 0.0994 e. The van der Waals surface area contributed by atoms with Crippen molar-refractivity contribution >= 4 is 11.6 Å². The first kappa shape index (κ1) is 13.5. The third kappa shape index (κ3) is 3.78. The molecule has 1 aromatic carbocycles. The average Bonchev–Trinajstić information content (AvgIpc) is 2.13. The van der Waals surface area contributed by atoms with E-state index in [0.29, 0.717) is 5.02 Å². The van der Waals surface area contributed by atoms with Crippen LogP contribution >= 0.6 is 11.6 Å². The van der Waals surface area contributed by atoms with Crippen molar-refractivity contribution in [3.63, 3.8) is 0 Å². The van der Waals surface area contributed by atoms with Crippen molar-refractivity contribution in [3.8, 4) is 0 Å². The maximum atomic E-state index is 6.16. The van der Waals surface area contributed by atoms with E-state index >= 15 is 0 Å². The molecule has 2 nitrogen and oxygen atoms in total. The van der Waals surface area contributed by atoms with E-state index in [1.165, 1.54) is 0 Å². The predicted octanol–water partition coefficient (Wildman–Crippen LogP) is 3.54. The molecule has 0 bridgehead atoms. The third-order valence-corrected chi connectivity index (χ3v) is 2.51. The van der Waals surface area contributed by atoms with Crippen molar-refractivity contribution in [1.82, 2.24) is 0 Å². The van der Waals surface area contributed by atoms with Crippen LogP contribution in [0.5, 0.6) is 0 Å².